The van der Waals surface area contributed by atoms with Gasteiger partial charge in [0.05, 0.1) is 17.1 Å². The Morgan fingerprint density at radius 3 is 2.39 bits per heavy atom. The van der Waals surface area contributed by atoms with E-state index in [1.807, 2.05) is 0 Å². The minimum atomic E-state index is -1.09. The van der Waals surface area contributed by atoms with Crippen LogP contribution in [0.4, 0.5) is 11.4 Å². The number of halogens is 2. The maximum atomic E-state index is 12.2. The summed E-state index contributed by atoms with van der Waals surface area (Å²) in [5, 5.41) is 12.1. The van der Waals surface area contributed by atoms with E-state index < -0.39 is 22.8 Å². The first-order valence-corrected chi connectivity index (χ1v) is 8.70. The zero-order chi connectivity index (χ0) is 21.0. The van der Waals surface area contributed by atoms with Crippen LogP contribution in [0.2, 0.25) is 10.0 Å². The summed E-state index contributed by atoms with van der Waals surface area (Å²) in [6.07, 6.45) is 0. The summed E-state index contributed by atoms with van der Waals surface area (Å²) in [5.41, 5.74) is -0.488. The average Bonchev–Trinajstić information content (AvgIpc) is 2.63. The molecule has 0 fully saturated rings. The van der Waals surface area contributed by atoms with Crippen LogP contribution >= 0.6 is 23.2 Å². The van der Waals surface area contributed by atoms with Gasteiger partial charge in [-0.3, -0.25) is 19.8 Å². The highest BCUT2D eigenvalue weighted by molar-refractivity contribution is 6.35. The zero-order valence-corrected chi connectivity index (χ0v) is 16.7. The van der Waals surface area contributed by atoms with Crippen LogP contribution < -0.4 is 9.64 Å². The van der Waals surface area contributed by atoms with Crippen LogP contribution in [0, 0.1) is 10.1 Å². The van der Waals surface area contributed by atoms with Gasteiger partial charge in [-0.2, -0.15) is 0 Å². The highest BCUT2D eigenvalue weighted by atomic mass is 35.5. The first kappa shape index (κ1) is 21.5. The molecule has 0 aromatic heterocycles. The van der Waals surface area contributed by atoms with Gasteiger partial charge in [-0.15, -0.1) is 0 Å². The third-order valence-electron chi connectivity index (χ3n) is 3.79. The molecule has 148 valence electrons. The number of anilines is 1. The largest absolute Gasteiger partial charge is 0.467 e. The van der Waals surface area contributed by atoms with Crippen molar-refractivity contribution in [1.82, 2.24) is 0 Å². The zero-order valence-electron chi connectivity index (χ0n) is 15.1. The number of benzene rings is 2. The van der Waals surface area contributed by atoms with Gasteiger partial charge < -0.3 is 9.47 Å². The Morgan fingerprint density at radius 2 is 1.86 bits per heavy atom. The molecule has 2 rings (SSSR count). The molecule has 0 saturated carbocycles. The monoisotopic (exact) mass is 426 g/mol. The normalized spacial score (nSPS) is 11.5. The van der Waals surface area contributed by atoms with E-state index in [2.05, 4.69) is 4.74 Å². The molecule has 1 atom stereocenters. The molecule has 0 heterocycles. The molecule has 0 aliphatic carbocycles. The summed E-state index contributed by atoms with van der Waals surface area (Å²) in [6.45, 7) is 2.59. The quantitative estimate of drug-likeness (QED) is 0.379. The molecule has 0 aliphatic heterocycles. The molecule has 10 heteroatoms. The molecule has 0 spiro atoms. The Balaban J connectivity index is 2.54. The van der Waals surface area contributed by atoms with Crippen molar-refractivity contribution in [3.63, 3.8) is 0 Å². The van der Waals surface area contributed by atoms with Gasteiger partial charge in [-0.25, -0.2) is 4.79 Å². The molecule has 2 aromatic rings. The van der Waals surface area contributed by atoms with Gasteiger partial charge in [0, 0.05) is 24.1 Å². The summed E-state index contributed by atoms with van der Waals surface area (Å²) in [7, 11) is 1.16. The van der Waals surface area contributed by atoms with Crippen LogP contribution in [-0.4, -0.2) is 30.0 Å². The van der Waals surface area contributed by atoms with Crippen molar-refractivity contribution in [1.29, 1.82) is 0 Å². The van der Waals surface area contributed by atoms with E-state index in [0.717, 1.165) is 12.0 Å². The van der Waals surface area contributed by atoms with Crippen LogP contribution in [0.15, 0.2) is 36.4 Å². The van der Waals surface area contributed by atoms with Crippen LogP contribution in [0.1, 0.15) is 13.8 Å². The Hall–Kier alpha value is -2.84. The first-order chi connectivity index (χ1) is 13.1. The summed E-state index contributed by atoms with van der Waals surface area (Å²) in [6, 6.07) is 7.30. The number of rotatable bonds is 6. The number of amides is 1. The topological polar surface area (TPSA) is 99.0 Å². The van der Waals surface area contributed by atoms with Crippen LogP contribution in [-0.2, 0) is 14.3 Å². The van der Waals surface area contributed by atoms with Gasteiger partial charge >= 0.3 is 5.97 Å². The van der Waals surface area contributed by atoms with Crippen molar-refractivity contribution in [2.45, 2.75) is 19.9 Å². The number of hydrogen-bond donors (Lipinski definition) is 0. The number of carbonyl (C=O) groups is 2. The van der Waals surface area contributed by atoms with Crippen molar-refractivity contribution >= 4 is 46.5 Å². The minimum absolute atomic E-state index is 0.113. The van der Waals surface area contributed by atoms with Crippen LogP contribution in [0.25, 0.3) is 0 Å². The highest BCUT2D eigenvalue weighted by Gasteiger charge is 2.31. The Labute approximate surface area is 170 Å². The van der Waals surface area contributed by atoms with Crippen molar-refractivity contribution in [3.8, 4) is 11.5 Å². The summed E-state index contributed by atoms with van der Waals surface area (Å²) < 4.78 is 10.3. The van der Waals surface area contributed by atoms with Crippen LogP contribution in [0.5, 0.6) is 11.5 Å². The molecule has 1 unspecified atom stereocenters. The van der Waals surface area contributed by atoms with E-state index in [-0.39, 0.29) is 27.9 Å². The molecular formula is C18H16Cl2N2O6. The molecule has 1 amide bonds. The number of ether oxygens (including phenoxy) is 2. The second-order valence-electron chi connectivity index (χ2n) is 5.67. The maximum Gasteiger partial charge on any atom is 0.328 e. The van der Waals surface area contributed by atoms with E-state index in [4.69, 9.17) is 27.9 Å². The second-order valence-corrected chi connectivity index (χ2v) is 6.52. The molecule has 0 bridgehead atoms. The van der Waals surface area contributed by atoms with Crippen LogP contribution in [0.3, 0.4) is 0 Å². The lowest BCUT2D eigenvalue weighted by Gasteiger charge is -2.26. The lowest BCUT2D eigenvalue weighted by molar-refractivity contribution is -0.384. The summed E-state index contributed by atoms with van der Waals surface area (Å²) >= 11 is 11.9. The first-order valence-electron chi connectivity index (χ1n) is 7.94. The fraction of sp³-hybridized carbons (Fsp3) is 0.222. The van der Waals surface area contributed by atoms with Gasteiger partial charge in [-0.1, -0.05) is 23.2 Å². The average molecular weight is 427 g/mol. The van der Waals surface area contributed by atoms with E-state index in [1.54, 1.807) is 6.07 Å². The van der Waals surface area contributed by atoms with Gasteiger partial charge in [0.2, 0.25) is 5.91 Å². The molecule has 0 N–H and O–H groups in total. The smallest absolute Gasteiger partial charge is 0.328 e. The minimum Gasteiger partial charge on any atom is -0.467 e. The number of methoxy groups -OCH3 is 1. The SMILES string of the molecule is COC(=O)C(C)N(C(C)=O)c1cc(Oc2ccc(Cl)cc2Cl)ccc1[N+](=O)[O-]. The van der Waals surface area contributed by atoms with E-state index in [9.17, 15) is 19.7 Å². The van der Waals surface area contributed by atoms with Gasteiger partial charge in [-0.05, 0) is 31.2 Å². The molecule has 0 radical (unpaired) electrons. The van der Waals surface area contributed by atoms with Gasteiger partial charge in [0.25, 0.3) is 5.69 Å². The standard InChI is InChI=1S/C18H16Cl2N2O6/c1-10(18(24)27-3)21(11(2)23)16-9-13(5-6-15(16)22(25)26)28-17-7-4-12(19)8-14(17)20/h4-10H,1-3H3. The lowest BCUT2D eigenvalue weighted by atomic mass is 10.1. The summed E-state index contributed by atoms with van der Waals surface area (Å²) in [4.78, 5) is 35.8. The van der Waals surface area contributed by atoms with Gasteiger partial charge in [0.15, 0.2) is 0 Å². The predicted molar refractivity (Wildman–Crippen MR) is 104 cm³/mol. The van der Waals surface area contributed by atoms with Gasteiger partial charge in [0.1, 0.15) is 23.2 Å². The Kier molecular flexibility index (Phi) is 6.82. The van der Waals surface area contributed by atoms with E-state index in [1.165, 1.54) is 44.2 Å². The predicted octanol–water partition coefficient (Wildman–Crippen LogP) is 4.61. The number of nitro benzene ring substituents is 1. The molecule has 8 nitrogen and oxygen atoms in total. The van der Waals surface area contributed by atoms with E-state index >= 15 is 0 Å². The molecular weight excluding hydrogens is 411 g/mol. The van der Waals surface area contributed by atoms with Crippen molar-refractivity contribution in [3.05, 3.63) is 56.6 Å². The maximum absolute atomic E-state index is 12.2. The van der Waals surface area contributed by atoms with Crippen molar-refractivity contribution < 1.29 is 24.0 Å². The van der Waals surface area contributed by atoms with Crippen molar-refractivity contribution in [2.75, 3.05) is 12.0 Å². The third-order valence-corrected chi connectivity index (χ3v) is 4.32. The molecule has 2 aromatic carbocycles. The summed E-state index contributed by atoms with van der Waals surface area (Å²) in [5.74, 6) is -0.867. The molecule has 0 saturated heterocycles. The fourth-order valence-corrected chi connectivity index (χ4v) is 2.97. The second kappa shape index (κ2) is 8.90. The number of nitrogens with zero attached hydrogens (tertiary/aromatic N) is 2. The number of nitro groups is 1. The van der Waals surface area contributed by atoms with E-state index in [0.29, 0.717) is 5.02 Å². The lowest BCUT2D eigenvalue weighted by Crippen LogP contribution is -2.43. The Morgan fingerprint density at radius 1 is 1.18 bits per heavy atom. The number of carbonyl (C=O) groups excluding carboxylic acids is 2. The highest BCUT2D eigenvalue weighted by Crippen LogP contribution is 2.37. The number of hydrogen-bond acceptors (Lipinski definition) is 6. The molecule has 0 aliphatic rings. The van der Waals surface area contributed by atoms with Crippen molar-refractivity contribution in [2.24, 2.45) is 0 Å². The Bertz CT molecular complexity index is 934. The fourth-order valence-electron chi connectivity index (χ4n) is 2.53. The third kappa shape index (κ3) is 4.71. The molecule has 28 heavy (non-hydrogen) atoms. The number of esters is 1.